The van der Waals surface area contributed by atoms with E-state index in [1.54, 1.807) is 35.9 Å². The first kappa shape index (κ1) is 19.5. The molecular weight excluding hydrogens is 328 g/mol. The zero-order valence-corrected chi connectivity index (χ0v) is 15.7. The standard InChI is InChI=1S/C21H24N2O3/c1-5-11-21(6-2,20(25)26)17-12-14(3)18(23(17)4)19(24)16-9-7-15(13-22)8-10-16/h7-10,12H,5-6,11H2,1-4H3,(H,25,26). The molecule has 1 atom stereocenters. The first-order chi connectivity index (χ1) is 12.3. The minimum atomic E-state index is -1.00. The van der Waals surface area contributed by atoms with Crippen LogP contribution in [0.4, 0.5) is 0 Å². The number of hydrogen-bond donors (Lipinski definition) is 1. The summed E-state index contributed by atoms with van der Waals surface area (Å²) < 4.78 is 1.73. The maximum Gasteiger partial charge on any atom is 0.315 e. The SMILES string of the molecule is CCCC(CC)(C(=O)O)c1cc(C)c(C(=O)c2ccc(C#N)cc2)n1C. The summed E-state index contributed by atoms with van der Waals surface area (Å²) in [5.74, 6) is -1.03. The molecule has 0 saturated heterocycles. The third kappa shape index (κ3) is 3.15. The van der Waals surface area contributed by atoms with Crippen LogP contribution < -0.4 is 0 Å². The van der Waals surface area contributed by atoms with Crippen LogP contribution in [0.1, 0.15) is 66.0 Å². The van der Waals surface area contributed by atoms with Gasteiger partial charge in [-0.15, -0.1) is 0 Å². The van der Waals surface area contributed by atoms with E-state index in [4.69, 9.17) is 5.26 Å². The smallest absolute Gasteiger partial charge is 0.315 e. The van der Waals surface area contributed by atoms with E-state index in [-0.39, 0.29) is 5.78 Å². The van der Waals surface area contributed by atoms with Crippen molar-refractivity contribution in [3.05, 3.63) is 58.4 Å². The molecule has 0 fully saturated rings. The van der Waals surface area contributed by atoms with Crippen molar-refractivity contribution >= 4 is 11.8 Å². The van der Waals surface area contributed by atoms with Gasteiger partial charge in [0.2, 0.25) is 5.78 Å². The maximum absolute atomic E-state index is 13.0. The Kier molecular flexibility index (Phi) is 5.66. The van der Waals surface area contributed by atoms with Gasteiger partial charge >= 0.3 is 5.97 Å². The number of nitrogens with zero attached hydrogens (tertiary/aromatic N) is 2. The number of aryl methyl sites for hydroxylation is 1. The van der Waals surface area contributed by atoms with E-state index in [1.165, 1.54) is 0 Å². The van der Waals surface area contributed by atoms with Crippen molar-refractivity contribution < 1.29 is 14.7 Å². The summed E-state index contributed by atoms with van der Waals surface area (Å²) in [4.78, 5) is 25.1. The minimum absolute atomic E-state index is 0.173. The van der Waals surface area contributed by atoms with Gasteiger partial charge in [-0.25, -0.2) is 0 Å². The predicted octanol–water partition coefficient (Wildman–Crippen LogP) is 3.97. The van der Waals surface area contributed by atoms with Crippen LogP contribution in [0.3, 0.4) is 0 Å². The van der Waals surface area contributed by atoms with Crippen molar-refractivity contribution in [2.45, 2.75) is 45.4 Å². The van der Waals surface area contributed by atoms with Crippen molar-refractivity contribution in [3.63, 3.8) is 0 Å². The fourth-order valence-corrected chi connectivity index (χ4v) is 3.66. The molecule has 2 rings (SSSR count). The zero-order valence-electron chi connectivity index (χ0n) is 15.7. The summed E-state index contributed by atoms with van der Waals surface area (Å²) >= 11 is 0. The summed E-state index contributed by atoms with van der Waals surface area (Å²) in [6.07, 6.45) is 1.71. The molecule has 0 radical (unpaired) electrons. The molecule has 0 aliphatic rings. The van der Waals surface area contributed by atoms with Crippen molar-refractivity contribution in [3.8, 4) is 6.07 Å². The summed E-state index contributed by atoms with van der Waals surface area (Å²) in [6.45, 7) is 5.66. The van der Waals surface area contributed by atoms with Crippen molar-refractivity contribution in [1.82, 2.24) is 4.57 Å². The topological polar surface area (TPSA) is 83.1 Å². The Hall–Kier alpha value is -2.87. The first-order valence-electron chi connectivity index (χ1n) is 8.77. The second kappa shape index (κ2) is 7.57. The number of aromatic nitrogens is 1. The lowest BCUT2D eigenvalue weighted by molar-refractivity contribution is -0.144. The molecule has 5 heteroatoms. The summed E-state index contributed by atoms with van der Waals surface area (Å²) in [5.41, 5.74) is 1.87. The molecule has 0 saturated carbocycles. The van der Waals surface area contributed by atoms with Gasteiger partial charge in [0, 0.05) is 18.3 Å². The molecule has 1 aromatic carbocycles. The molecular formula is C21H24N2O3. The van der Waals surface area contributed by atoms with Crippen LogP contribution in [0.25, 0.3) is 0 Å². The van der Waals surface area contributed by atoms with Gasteiger partial charge in [-0.3, -0.25) is 9.59 Å². The largest absolute Gasteiger partial charge is 0.481 e. The van der Waals surface area contributed by atoms with Gasteiger partial charge in [-0.1, -0.05) is 20.3 Å². The zero-order chi connectivity index (χ0) is 19.5. The predicted molar refractivity (Wildman–Crippen MR) is 99.3 cm³/mol. The lowest BCUT2D eigenvalue weighted by Gasteiger charge is -2.29. The molecule has 0 aliphatic heterocycles. The molecule has 26 heavy (non-hydrogen) atoms. The second-order valence-electron chi connectivity index (χ2n) is 6.63. The summed E-state index contributed by atoms with van der Waals surface area (Å²) in [6, 6.07) is 10.3. The van der Waals surface area contributed by atoms with Crippen molar-refractivity contribution in [1.29, 1.82) is 5.26 Å². The van der Waals surface area contributed by atoms with Gasteiger partial charge in [0.1, 0.15) is 5.41 Å². The van der Waals surface area contributed by atoms with Crippen LogP contribution in [0, 0.1) is 18.3 Å². The van der Waals surface area contributed by atoms with Crippen LogP contribution in [0.2, 0.25) is 0 Å². The number of hydrogen-bond acceptors (Lipinski definition) is 3. The van der Waals surface area contributed by atoms with Crippen LogP contribution in [0.15, 0.2) is 30.3 Å². The molecule has 0 bridgehead atoms. The third-order valence-corrected chi connectivity index (χ3v) is 5.09. The number of benzene rings is 1. The lowest BCUT2D eigenvalue weighted by Crippen LogP contribution is -2.37. The number of ketones is 1. The fourth-order valence-electron chi connectivity index (χ4n) is 3.66. The Bertz CT molecular complexity index is 872. The number of rotatable bonds is 7. The Morgan fingerprint density at radius 2 is 1.85 bits per heavy atom. The lowest BCUT2D eigenvalue weighted by atomic mass is 9.77. The normalized spacial score (nSPS) is 13.0. The van der Waals surface area contributed by atoms with Crippen LogP contribution in [0.5, 0.6) is 0 Å². The third-order valence-electron chi connectivity index (χ3n) is 5.09. The molecule has 1 unspecified atom stereocenters. The van der Waals surface area contributed by atoms with Crippen molar-refractivity contribution in [2.75, 3.05) is 0 Å². The Morgan fingerprint density at radius 3 is 2.31 bits per heavy atom. The van der Waals surface area contributed by atoms with Gasteiger partial charge in [-0.05, 0) is 55.7 Å². The number of carbonyl (C=O) groups is 2. The molecule has 0 aliphatic carbocycles. The van der Waals surface area contributed by atoms with E-state index in [2.05, 4.69) is 0 Å². The van der Waals surface area contributed by atoms with Gasteiger partial charge in [-0.2, -0.15) is 5.26 Å². The average molecular weight is 352 g/mol. The maximum atomic E-state index is 13.0. The van der Waals surface area contributed by atoms with E-state index in [0.717, 1.165) is 12.0 Å². The Labute approximate surface area is 153 Å². The number of carboxylic acids is 1. The van der Waals surface area contributed by atoms with Crippen molar-refractivity contribution in [2.24, 2.45) is 7.05 Å². The van der Waals surface area contributed by atoms with Crippen LogP contribution in [-0.2, 0) is 17.3 Å². The van der Waals surface area contributed by atoms with Crippen LogP contribution >= 0.6 is 0 Å². The molecule has 5 nitrogen and oxygen atoms in total. The molecule has 0 amide bonds. The number of nitriles is 1. The summed E-state index contributed by atoms with van der Waals surface area (Å²) in [7, 11) is 1.75. The number of aliphatic carboxylic acids is 1. The quantitative estimate of drug-likeness (QED) is 0.764. The molecule has 1 heterocycles. The highest BCUT2D eigenvalue weighted by Crippen LogP contribution is 2.36. The first-order valence-corrected chi connectivity index (χ1v) is 8.77. The van der Waals surface area contributed by atoms with E-state index in [0.29, 0.717) is 35.4 Å². The molecule has 2 aromatic rings. The van der Waals surface area contributed by atoms with Gasteiger partial charge in [0.05, 0.1) is 17.3 Å². The van der Waals surface area contributed by atoms with Gasteiger partial charge in [0.15, 0.2) is 0 Å². The average Bonchev–Trinajstić information content (AvgIpc) is 2.93. The highest BCUT2D eigenvalue weighted by Gasteiger charge is 2.41. The fraction of sp³-hybridized carbons (Fsp3) is 0.381. The molecule has 0 spiro atoms. The van der Waals surface area contributed by atoms with Gasteiger partial charge < -0.3 is 9.67 Å². The monoisotopic (exact) mass is 352 g/mol. The molecule has 1 N–H and O–H groups in total. The Balaban J connectivity index is 2.57. The highest BCUT2D eigenvalue weighted by molar-refractivity contribution is 6.09. The van der Waals surface area contributed by atoms with E-state index in [1.807, 2.05) is 32.9 Å². The highest BCUT2D eigenvalue weighted by atomic mass is 16.4. The Morgan fingerprint density at radius 1 is 1.23 bits per heavy atom. The van der Waals surface area contributed by atoms with Gasteiger partial charge in [0.25, 0.3) is 0 Å². The summed E-state index contributed by atoms with van der Waals surface area (Å²) in [5, 5.41) is 18.8. The molecule has 136 valence electrons. The number of carbonyl (C=O) groups excluding carboxylic acids is 1. The van der Waals surface area contributed by atoms with E-state index >= 15 is 0 Å². The molecule has 1 aromatic heterocycles. The van der Waals surface area contributed by atoms with E-state index in [9.17, 15) is 14.7 Å². The van der Waals surface area contributed by atoms with Crippen LogP contribution in [-0.4, -0.2) is 21.4 Å². The minimum Gasteiger partial charge on any atom is -0.481 e. The number of carboxylic acid groups (broad SMARTS) is 1. The van der Waals surface area contributed by atoms with E-state index < -0.39 is 11.4 Å². The second-order valence-corrected chi connectivity index (χ2v) is 6.63.